The topological polar surface area (TPSA) is 26.6 Å². The molecule has 1 aromatic heterocycles. The van der Waals surface area contributed by atoms with E-state index in [-0.39, 0.29) is 6.23 Å². The van der Waals surface area contributed by atoms with E-state index in [9.17, 15) is 0 Å². The Morgan fingerprint density at radius 1 is 1.11 bits per heavy atom. The minimum atomic E-state index is 0.00876. The number of rotatable bonds is 6. The molecule has 2 aromatic carbocycles. The summed E-state index contributed by atoms with van der Waals surface area (Å²) in [7, 11) is 0. The lowest BCUT2D eigenvalue weighted by Gasteiger charge is -2.22. The molecule has 1 atom stereocenters. The van der Waals surface area contributed by atoms with Gasteiger partial charge in [-0.05, 0) is 49.7 Å². The highest BCUT2D eigenvalue weighted by Crippen LogP contribution is 2.29. The Kier molecular flexibility index (Phi) is 5.28. The Balaban J connectivity index is 1.49. The summed E-state index contributed by atoms with van der Waals surface area (Å²) in [4.78, 5) is 2.40. The maximum absolute atomic E-state index is 6.05. The molecule has 1 fully saturated rings. The van der Waals surface area contributed by atoms with Crippen molar-refractivity contribution in [2.75, 3.05) is 19.8 Å². The van der Waals surface area contributed by atoms with E-state index in [0.717, 1.165) is 31.1 Å². The first-order valence-electron chi connectivity index (χ1n) is 9.55. The van der Waals surface area contributed by atoms with Crippen LogP contribution in [0.15, 0.2) is 67.0 Å². The van der Waals surface area contributed by atoms with Crippen LogP contribution in [0.25, 0.3) is 5.69 Å². The van der Waals surface area contributed by atoms with Crippen molar-refractivity contribution in [2.45, 2.75) is 26.6 Å². The largest absolute Gasteiger partial charge is 0.494 e. The van der Waals surface area contributed by atoms with E-state index in [1.54, 1.807) is 0 Å². The quantitative estimate of drug-likeness (QED) is 0.635. The first kappa shape index (κ1) is 17.8. The van der Waals surface area contributed by atoms with Crippen molar-refractivity contribution in [1.29, 1.82) is 0 Å². The zero-order valence-electron chi connectivity index (χ0n) is 16.0. The van der Waals surface area contributed by atoms with Gasteiger partial charge in [0.05, 0.1) is 13.2 Å². The number of ether oxygens (including phenoxy) is 2. The minimum Gasteiger partial charge on any atom is -0.494 e. The first-order valence-corrected chi connectivity index (χ1v) is 9.55. The van der Waals surface area contributed by atoms with Gasteiger partial charge in [-0.1, -0.05) is 29.8 Å². The lowest BCUT2D eigenvalue weighted by atomic mass is 10.1. The van der Waals surface area contributed by atoms with E-state index >= 15 is 0 Å². The van der Waals surface area contributed by atoms with Crippen LogP contribution in [0.2, 0.25) is 0 Å². The number of nitrogens with zero attached hydrogens (tertiary/aromatic N) is 2. The van der Waals surface area contributed by atoms with Crippen LogP contribution in [0.3, 0.4) is 0 Å². The summed E-state index contributed by atoms with van der Waals surface area (Å²) in [6.45, 7) is 7.44. The van der Waals surface area contributed by atoms with Crippen LogP contribution in [0, 0.1) is 6.92 Å². The summed E-state index contributed by atoms with van der Waals surface area (Å²) in [6, 6.07) is 19.0. The van der Waals surface area contributed by atoms with Crippen molar-refractivity contribution in [2.24, 2.45) is 0 Å². The van der Waals surface area contributed by atoms with Gasteiger partial charge in [0.1, 0.15) is 12.0 Å². The second kappa shape index (κ2) is 7.99. The van der Waals surface area contributed by atoms with Crippen LogP contribution >= 0.6 is 0 Å². The normalized spacial score (nSPS) is 17.3. The number of benzene rings is 2. The average molecular weight is 362 g/mol. The molecule has 3 aromatic rings. The van der Waals surface area contributed by atoms with Crippen LogP contribution in [0.5, 0.6) is 5.75 Å². The predicted octanol–water partition coefficient (Wildman–Crippen LogP) is 4.72. The van der Waals surface area contributed by atoms with Crippen molar-refractivity contribution in [3.05, 3.63) is 83.7 Å². The molecule has 4 heteroatoms. The summed E-state index contributed by atoms with van der Waals surface area (Å²) in [5, 5.41) is 0. The summed E-state index contributed by atoms with van der Waals surface area (Å²) < 4.78 is 13.7. The molecule has 140 valence electrons. The lowest BCUT2D eigenvalue weighted by Crippen LogP contribution is -2.23. The van der Waals surface area contributed by atoms with Crippen molar-refractivity contribution >= 4 is 0 Å². The zero-order chi connectivity index (χ0) is 18.6. The smallest absolute Gasteiger partial charge is 0.138 e. The Bertz CT molecular complexity index is 885. The minimum absolute atomic E-state index is 0.00876. The third-order valence-corrected chi connectivity index (χ3v) is 4.90. The van der Waals surface area contributed by atoms with Gasteiger partial charge in [0.25, 0.3) is 0 Å². The van der Waals surface area contributed by atoms with Gasteiger partial charge < -0.3 is 14.0 Å². The Morgan fingerprint density at radius 3 is 2.74 bits per heavy atom. The second-order valence-electron chi connectivity index (χ2n) is 6.96. The molecule has 0 amide bonds. The third-order valence-electron chi connectivity index (χ3n) is 4.90. The molecule has 4 nitrogen and oxygen atoms in total. The molecular weight excluding hydrogens is 336 g/mol. The molecular formula is C23H26N2O2. The number of hydrogen-bond acceptors (Lipinski definition) is 3. The van der Waals surface area contributed by atoms with Gasteiger partial charge in [-0.3, -0.25) is 4.90 Å². The molecule has 0 aliphatic carbocycles. The van der Waals surface area contributed by atoms with Crippen LogP contribution in [0.1, 0.15) is 29.8 Å². The molecule has 0 radical (unpaired) electrons. The molecule has 1 saturated heterocycles. The molecule has 1 aliphatic rings. The maximum atomic E-state index is 6.05. The van der Waals surface area contributed by atoms with Gasteiger partial charge in [-0.15, -0.1) is 0 Å². The van der Waals surface area contributed by atoms with Crippen molar-refractivity contribution in [3.63, 3.8) is 0 Å². The highest BCUT2D eigenvalue weighted by molar-refractivity contribution is 5.39. The van der Waals surface area contributed by atoms with Crippen LogP contribution in [-0.2, 0) is 11.3 Å². The highest BCUT2D eigenvalue weighted by atomic mass is 16.5. The summed E-state index contributed by atoms with van der Waals surface area (Å²) in [5.74, 6) is 0.900. The van der Waals surface area contributed by atoms with Crippen molar-refractivity contribution < 1.29 is 9.47 Å². The summed E-state index contributed by atoms with van der Waals surface area (Å²) in [5.41, 5.74) is 4.93. The summed E-state index contributed by atoms with van der Waals surface area (Å²) in [6.07, 6.45) is 4.27. The fourth-order valence-electron chi connectivity index (χ4n) is 3.62. The molecule has 4 rings (SSSR count). The van der Waals surface area contributed by atoms with Crippen LogP contribution in [-0.4, -0.2) is 29.2 Å². The maximum Gasteiger partial charge on any atom is 0.138 e. The highest BCUT2D eigenvalue weighted by Gasteiger charge is 2.27. The van der Waals surface area contributed by atoms with E-state index in [0.29, 0.717) is 6.61 Å². The van der Waals surface area contributed by atoms with Gasteiger partial charge in [0.15, 0.2) is 0 Å². The molecule has 0 spiro atoms. The molecule has 0 unspecified atom stereocenters. The molecule has 0 bridgehead atoms. The second-order valence-corrected chi connectivity index (χ2v) is 6.96. The van der Waals surface area contributed by atoms with Gasteiger partial charge in [0.2, 0.25) is 0 Å². The Hall–Kier alpha value is -2.56. The lowest BCUT2D eigenvalue weighted by molar-refractivity contribution is 0.0288. The number of hydrogen-bond donors (Lipinski definition) is 0. The molecule has 0 saturated carbocycles. The van der Waals surface area contributed by atoms with E-state index in [1.807, 2.05) is 19.1 Å². The molecule has 2 heterocycles. The van der Waals surface area contributed by atoms with E-state index in [1.165, 1.54) is 16.7 Å². The van der Waals surface area contributed by atoms with E-state index < -0.39 is 0 Å². The monoisotopic (exact) mass is 362 g/mol. The Morgan fingerprint density at radius 2 is 1.96 bits per heavy atom. The van der Waals surface area contributed by atoms with Gasteiger partial charge >= 0.3 is 0 Å². The number of aryl methyl sites for hydroxylation is 1. The summed E-state index contributed by atoms with van der Waals surface area (Å²) >= 11 is 0. The fraction of sp³-hybridized carbons (Fsp3) is 0.304. The van der Waals surface area contributed by atoms with Gasteiger partial charge in [-0.2, -0.15) is 0 Å². The first-order chi connectivity index (χ1) is 13.2. The SMILES string of the molecule is CCOc1ccc(-n2ccc([C@H]3OCCN3Cc3cccc(C)c3)c2)cc1. The van der Waals surface area contributed by atoms with Gasteiger partial charge in [0, 0.05) is 36.7 Å². The third kappa shape index (κ3) is 4.07. The van der Waals surface area contributed by atoms with Gasteiger partial charge in [-0.25, -0.2) is 0 Å². The molecule has 1 aliphatic heterocycles. The van der Waals surface area contributed by atoms with E-state index in [4.69, 9.17) is 9.47 Å². The zero-order valence-corrected chi connectivity index (χ0v) is 16.0. The standard InChI is InChI=1S/C23H26N2O2/c1-3-26-22-9-7-21(8-10-22)24-12-11-20(17-24)23-25(13-14-27-23)16-19-6-4-5-18(2)15-19/h4-12,15,17,23H,3,13-14,16H2,1-2H3/t23-/m1/s1. The number of aromatic nitrogens is 1. The van der Waals surface area contributed by atoms with Crippen LogP contribution < -0.4 is 4.74 Å². The van der Waals surface area contributed by atoms with E-state index in [2.05, 4.69) is 71.2 Å². The van der Waals surface area contributed by atoms with Crippen LogP contribution in [0.4, 0.5) is 0 Å². The fourth-order valence-corrected chi connectivity index (χ4v) is 3.62. The van der Waals surface area contributed by atoms with Crippen molar-refractivity contribution in [1.82, 2.24) is 9.47 Å². The average Bonchev–Trinajstić information content (AvgIpc) is 3.32. The predicted molar refractivity (Wildman–Crippen MR) is 107 cm³/mol. The Labute approximate surface area is 161 Å². The van der Waals surface area contributed by atoms with Crippen molar-refractivity contribution in [3.8, 4) is 11.4 Å². The molecule has 27 heavy (non-hydrogen) atoms. The molecule has 0 N–H and O–H groups in total.